The van der Waals surface area contributed by atoms with Gasteiger partial charge in [0, 0.05) is 32.4 Å². The number of para-hydroxylation sites is 1. The van der Waals surface area contributed by atoms with Crippen LogP contribution in [-0.4, -0.2) is 28.5 Å². The monoisotopic (exact) mass is 276 g/mol. The molecule has 0 bridgehead atoms. The first-order valence-corrected chi connectivity index (χ1v) is 6.38. The Morgan fingerprint density at radius 3 is 2.90 bits per heavy atom. The number of anilines is 1. The molecule has 0 saturated carbocycles. The molecule has 1 aromatic carbocycles. The van der Waals surface area contributed by atoms with E-state index in [4.69, 9.17) is 0 Å². The molecule has 0 spiro atoms. The number of aryl methyl sites for hydroxylation is 1. The minimum atomic E-state index is -0.436. The number of carbonyl (C=O) groups is 1. The van der Waals surface area contributed by atoms with E-state index >= 15 is 0 Å². The van der Waals surface area contributed by atoms with Crippen LogP contribution in [0.25, 0.3) is 0 Å². The van der Waals surface area contributed by atoms with Crippen molar-refractivity contribution in [1.82, 2.24) is 14.9 Å². The molecule has 1 amide bonds. The van der Waals surface area contributed by atoms with Crippen LogP contribution >= 0.6 is 0 Å². The third-order valence-electron chi connectivity index (χ3n) is 2.88. The van der Waals surface area contributed by atoms with Crippen molar-refractivity contribution >= 4 is 11.6 Å². The van der Waals surface area contributed by atoms with Gasteiger partial charge >= 0.3 is 0 Å². The van der Waals surface area contributed by atoms with E-state index in [9.17, 15) is 9.18 Å². The zero-order valence-electron chi connectivity index (χ0n) is 11.3. The number of hydrogen-bond acceptors (Lipinski definition) is 3. The summed E-state index contributed by atoms with van der Waals surface area (Å²) < 4.78 is 15.3. The van der Waals surface area contributed by atoms with Crippen molar-refractivity contribution in [2.45, 2.75) is 6.42 Å². The highest BCUT2D eigenvalue weighted by Gasteiger charge is 2.06. The summed E-state index contributed by atoms with van der Waals surface area (Å²) in [6, 6.07) is 6.09. The van der Waals surface area contributed by atoms with Crippen LogP contribution in [0.4, 0.5) is 10.1 Å². The Labute approximate surface area is 116 Å². The number of amides is 1. The molecule has 5 nitrogen and oxygen atoms in total. The zero-order valence-corrected chi connectivity index (χ0v) is 11.3. The number of nitrogens with one attached hydrogen (secondary N) is 2. The number of nitrogens with zero attached hydrogens (tertiary/aromatic N) is 2. The second-order valence-electron chi connectivity index (χ2n) is 4.41. The summed E-state index contributed by atoms with van der Waals surface area (Å²) in [7, 11) is 1.92. The average molecular weight is 276 g/mol. The van der Waals surface area contributed by atoms with E-state index in [1.807, 2.05) is 17.8 Å². The Morgan fingerprint density at radius 1 is 1.40 bits per heavy atom. The number of rotatable bonds is 6. The molecule has 20 heavy (non-hydrogen) atoms. The summed E-state index contributed by atoms with van der Waals surface area (Å²) >= 11 is 0. The Bertz CT molecular complexity index is 582. The smallest absolute Gasteiger partial charge is 0.238 e. The maximum atomic E-state index is 13.3. The minimum absolute atomic E-state index is 0.138. The Hall–Kier alpha value is -2.21. The fourth-order valence-electron chi connectivity index (χ4n) is 1.80. The van der Waals surface area contributed by atoms with E-state index in [1.54, 1.807) is 18.3 Å². The van der Waals surface area contributed by atoms with Crippen LogP contribution in [0.3, 0.4) is 0 Å². The van der Waals surface area contributed by atoms with Gasteiger partial charge in [-0.3, -0.25) is 4.79 Å². The van der Waals surface area contributed by atoms with Gasteiger partial charge in [0.15, 0.2) is 0 Å². The summed E-state index contributed by atoms with van der Waals surface area (Å²) in [5.41, 5.74) is 0.198. The van der Waals surface area contributed by atoms with Gasteiger partial charge in [-0.25, -0.2) is 9.37 Å². The molecule has 6 heteroatoms. The third-order valence-corrected chi connectivity index (χ3v) is 2.88. The van der Waals surface area contributed by atoms with Gasteiger partial charge < -0.3 is 15.2 Å². The van der Waals surface area contributed by atoms with E-state index in [0.717, 1.165) is 12.2 Å². The number of benzene rings is 1. The van der Waals surface area contributed by atoms with Gasteiger partial charge in [0.05, 0.1) is 12.2 Å². The van der Waals surface area contributed by atoms with Crippen molar-refractivity contribution in [3.8, 4) is 0 Å². The molecule has 0 aliphatic heterocycles. The van der Waals surface area contributed by atoms with Gasteiger partial charge in [-0.2, -0.15) is 0 Å². The lowest BCUT2D eigenvalue weighted by atomic mass is 10.3. The lowest BCUT2D eigenvalue weighted by Gasteiger charge is -2.07. The van der Waals surface area contributed by atoms with Gasteiger partial charge in [0.2, 0.25) is 5.91 Å². The van der Waals surface area contributed by atoms with Crippen molar-refractivity contribution < 1.29 is 9.18 Å². The molecule has 2 aromatic rings. The lowest BCUT2D eigenvalue weighted by molar-refractivity contribution is -0.115. The van der Waals surface area contributed by atoms with Crippen LogP contribution in [-0.2, 0) is 18.3 Å². The molecule has 0 aliphatic rings. The van der Waals surface area contributed by atoms with E-state index in [1.165, 1.54) is 12.1 Å². The predicted octanol–water partition coefficient (Wildman–Crippen LogP) is 1.33. The lowest BCUT2D eigenvalue weighted by Crippen LogP contribution is -2.30. The van der Waals surface area contributed by atoms with E-state index in [-0.39, 0.29) is 18.1 Å². The predicted molar refractivity (Wildman–Crippen MR) is 74.8 cm³/mol. The molecule has 0 radical (unpaired) electrons. The Balaban J connectivity index is 1.71. The van der Waals surface area contributed by atoms with E-state index < -0.39 is 5.82 Å². The fourth-order valence-corrected chi connectivity index (χ4v) is 1.80. The number of carbonyl (C=O) groups excluding carboxylic acids is 1. The maximum Gasteiger partial charge on any atom is 0.238 e. The van der Waals surface area contributed by atoms with E-state index in [2.05, 4.69) is 15.6 Å². The van der Waals surface area contributed by atoms with Crippen molar-refractivity contribution in [1.29, 1.82) is 0 Å². The summed E-state index contributed by atoms with van der Waals surface area (Å²) in [5.74, 6) is 0.246. The van der Waals surface area contributed by atoms with Gasteiger partial charge in [0.25, 0.3) is 0 Å². The fraction of sp³-hybridized carbons (Fsp3) is 0.286. The normalized spacial score (nSPS) is 10.5. The van der Waals surface area contributed by atoms with E-state index in [0.29, 0.717) is 6.54 Å². The minimum Gasteiger partial charge on any atom is -0.338 e. The molecule has 106 valence electrons. The molecule has 0 unspecified atom stereocenters. The van der Waals surface area contributed by atoms with Gasteiger partial charge in [0.1, 0.15) is 11.6 Å². The van der Waals surface area contributed by atoms with Crippen molar-refractivity contribution in [2.75, 3.05) is 18.4 Å². The first-order valence-electron chi connectivity index (χ1n) is 6.38. The standard InChI is InChI=1S/C14H17FN4O/c1-19-9-8-17-13(19)6-7-16-10-14(20)18-12-5-3-2-4-11(12)15/h2-5,8-9,16H,6-7,10H2,1H3,(H,18,20). The number of halogens is 1. The average Bonchev–Trinajstić information content (AvgIpc) is 2.83. The van der Waals surface area contributed by atoms with Gasteiger partial charge in [-0.15, -0.1) is 0 Å². The molecule has 2 rings (SSSR count). The van der Waals surface area contributed by atoms with Gasteiger partial charge in [-0.05, 0) is 12.1 Å². The molecule has 0 atom stereocenters. The van der Waals surface area contributed by atoms with Crippen molar-refractivity contribution in [3.63, 3.8) is 0 Å². The van der Waals surface area contributed by atoms with Crippen LogP contribution in [0.1, 0.15) is 5.82 Å². The van der Waals surface area contributed by atoms with Crippen molar-refractivity contribution in [2.24, 2.45) is 7.05 Å². The van der Waals surface area contributed by atoms with Crippen LogP contribution < -0.4 is 10.6 Å². The molecule has 0 aliphatic carbocycles. The number of aromatic nitrogens is 2. The molecule has 0 saturated heterocycles. The highest BCUT2D eigenvalue weighted by Crippen LogP contribution is 2.11. The van der Waals surface area contributed by atoms with Crippen molar-refractivity contribution in [3.05, 3.63) is 48.3 Å². The number of hydrogen-bond donors (Lipinski definition) is 2. The summed E-state index contributed by atoms with van der Waals surface area (Å²) in [6.07, 6.45) is 4.34. The van der Waals surface area contributed by atoms with Gasteiger partial charge in [-0.1, -0.05) is 12.1 Å². The summed E-state index contributed by atoms with van der Waals surface area (Å²) in [4.78, 5) is 15.8. The SMILES string of the molecule is Cn1ccnc1CCNCC(=O)Nc1ccccc1F. The number of imidazole rings is 1. The summed E-state index contributed by atoms with van der Waals surface area (Å²) in [5, 5.41) is 5.52. The Morgan fingerprint density at radius 2 is 2.20 bits per heavy atom. The largest absolute Gasteiger partial charge is 0.338 e. The highest BCUT2D eigenvalue weighted by atomic mass is 19.1. The quantitative estimate of drug-likeness (QED) is 0.783. The molecule has 0 fully saturated rings. The molecule has 1 aromatic heterocycles. The molecule has 1 heterocycles. The summed E-state index contributed by atoms with van der Waals surface area (Å²) in [6.45, 7) is 0.772. The van der Waals surface area contributed by atoms with Crippen LogP contribution in [0.15, 0.2) is 36.7 Å². The van der Waals surface area contributed by atoms with Crippen LogP contribution in [0, 0.1) is 5.82 Å². The maximum absolute atomic E-state index is 13.3. The first kappa shape index (κ1) is 14.2. The Kier molecular flexibility index (Phi) is 4.84. The zero-order chi connectivity index (χ0) is 14.4. The first-order chi connectivity index (χ1) is 9.66. The third kappa shape index (κ3) is 3.89. The van der Waals surface area contributed by atoms with Crippen LogP contribution in [0.5, 0.6) is 0 Å². The topological polar surface area (TPSA) is 59.0 Å². The second-order valence-corrected chi connectivity index (χ2v) is 4.41. The molecular weight excluding hydrogens is 259 g/mol. The van der Waals surface area contributed by atoms with Crippen LogP contribution in [0.2, 0.25) is 0 Å². The molecule has 2 N–H and O–H groups in total. The highest BCUT2D eigenvalue weighted by molar-refractivity contribution is 5.92. The second kappa shape index (κ2) is 6.81. The molecular formula is C14H17FN4O.